The molecule has 3 rings (SSSR count). The Morgan fingerprint density at radius 1 is 1.16 bits per heavy atom. The molecule has 0 amide bonds. The van der Waals surface area contributed by atoms with Crippen LogP contribution in [-0.4, -0.2) is 97.9 Å². The number of ether oxygens (including phenoxy) is 1. The summed E-state index contributed by atoms with van der Waals surface area (Å²) in [6.07, 6.45) is 2.70. The smallest absolute Gasteiger partial charge is 0.194 e. The van der Waals surface area contributed by atoms with Crippen LogP contribution in [0, 0.1) is 5.82 Å². The van der Waals surface area contributed by atoms with Crippen molar-refractivity contribution in [1.29, 1.82) is 0 Å². The van der Waals surface area contributed by atoms with Crippen LogP contribution in [0.25, 0.3) is 0 Å². The van der Waals surface area contributed by atoms with Crippen LogP contribution in [0.15, 0.2) is 23.2 Å². The van der Waals surface area contributed by atoms with Crippen molar-refractivity contribution in [2.24, 2.45) is 4.99 Å². The van der Waals surface area contributed by atoms with Gasteiger partial charge in [0.1, 0.15) is 0 Å². The molecule has 0 saturated carbocycles. The number of piperazine rings is 1. The molecule has 1 aromatic rings. The van der Waals surface area contributed by atoms with E-state index in [-0.39, 0.29) is 17.7 Å². The molecular formula is C23H38FN5O2. The Morgan fingerprint density at radius 3 is 2.55 bits per heavy atom. The third-order valence-electron chi connectivity index (χ3n) is 6.08. The molecule has 0 radical (unpaired) electrons. The first-order valence-corrected chi connectivity index (χ1v) is 11.6. The first-order chi connectivity index (χ1) is 15.1. The number of hydrogen-bond acceptors (Lipinski definition) is 5. The number of piperidine rings is 1. The highest BCUT2D eigenvalue weighted by Crippen LogP contribution is 2.19. The summed E-state index contributed by atoms with van der Waals surface area (Å²) in [4.78, 5) is 12.0. The summed E-state index contributed by atoms with van der Waals surface area (Å²) >= 11 is 0. The summed E-state index contributed by atoms with van der Waals surface area (Å²) in [5.74, 6) is 0.977. The molecule has 0 spiro atoms. The predicted molar refractivity (Wildman–Crippen MR) is 122 cm³/mol. The molecule has 0 atom stereocenters. The standard InChI is InChI=1S/C23H38FN5O2/c1-3-25-23(26-9-4-10-27-11-7-20(30)8-12-27)29-15-13-28(14-16-29)18-19-5-6-22(31-2)21(24)17-19/h5-6,17,20,30H,3-4,7-16,18H2,1-2H3,(H,25,26). The molecule has 2 saturated heterocycles. The number of nitrogens with zero attached hydrogens (tertiary/aromatic N) is 4. The summed E-state index contributed by atoms with van der Waals surface area (Å²) in [5, 5.41) is 13.1. The van der Waals surface area contributed by atoms with Crippen LogP contribution in [0.2, 0.25) is 0 Å². The first-order valence-electron chi connectivity index (χ1n) is 11.6. The van der Waals surface area contributed by atoms with Crippen LogP contribution < -0.4 is 10.1 Å². The average molecular weight is 436 g/mol. The minimum Gasteiger partial charge on any atom is -0.494 e. The van der Waals surface area contributed by atoms with Gasteiger partial charge in [0.2, 0.25) is 0 Å². The monoisotopic (exact) mass is 435 g/mol. The van der Waals surface area contributed by atoms with Crippen LogP contribution in [0.5, 0.6) is 5.75 Å². The number of hydrogen-bond donors (Lipinski definition) is 2. The van der Waals surface area contributed by atoms with Crippen molar-refractivity contribution < 1.29 is 14.2 Å². The fourth-order valence-electron chi connectivity index (χ4n) is 4.23. The van der Waals surface area contributed by atoms with Crippen molar-refractivity contribution in [3.8, 4) is 5.75 Å². The number of aliphatic hydroxyl groups excluding tert-OH is 1. The number of rotatable bonds is 8. The molecule has 2 N–H and O–H groups in total. The summed E-state index contributed by atoms with van der Waals surface area (Å²) < 4.78 is 19.0. The van der Waals surface area contributed by atoms with Crippen molar-refractivity contribution in [2.75, 3.05) is 66.0 Å². The van der Waals surface area contributed by atoms with E-state index < -0.39 is 0 Å². The fraction of sp³-hybridized carbons (Fsp3) is 0.696. The number of nitrogens with one attached hydrogen (secondary N) is 1. The molecule has 31 heavy (non-hydrogen) atoms. The lowest BCUT2D eigenvalue weighted by atomic mass is 10.1. The molecule has 2 fully saturated rings. The molecule has 8 heteroatoms. The SMILES string of the molecule is CCNC(=NCCCN1CCC(O)CC1)N1CCN(Cc2ccc(OC)c(F)c2)CC1. The van der Waals surface area contributed by atoms with Gasteiger partial charge in [0.05, 0.1) is 13.2 Å². The molecule has 7 nitrogen and oxygen atoms in total. The zero-order valence-electron chi connectivity index (χ0n) is 19.0. The van der Waals surface area contributed by atoms with E-state index >= 15 is 0 Å². The van der Waals surface area contributed by atoms with Gasteiger partial charge in [-0.25, -0.2) is 4.39 Å². The van der Waals surface area contributed by atoms with Crippen LogP contribution >= 0.6 is 0 Å². The van der Waals surface area contributed by atoms with Gasteiger partial charge >= 0.3 is 0 Å². The summed E-state index contributed by atoms with van der Waals surface area (Å²) in [5.41, 5.74) is 0.970. The van der Waals surface area contributed by atoms with Crippen molar-refractivity contribution >= 4 is 5.96 Å². The van der Waals surface area contributed by atoms with Crippen LogP contribution in [0.4, 0.5) is 4.39 Å². The summed E-state index contributed by atoms with van der Waals surface area (Å²) in [6, 6.07) is 5.20. The van der Waals surface area contributed by atoms with Gasteiger partial charge in [-0.05, 0) is 50.4 Å². The van der Waals surface area contributed by atoms with E-state index in [2.05, 4.69) is 26.9 Å². The zero-order valence-corrected chi connectivity index (χ0v) is 19.0. The van der Waals surface area contributed by atoms with Gasteiger partial charge in [-0.1, -0.05) is 6.07 Å². The van der Waals surface area contributed by atoms with E-state index in [1.54, 1.807) is 12.1 Å². The predicted octanol–water partition coefficient (Wildman–Crippen LogP) is 1.76. The topological polar surface area (TPSA) is 63.6 Å². The van der Waals surface area contributed by atoms with Crippen LogP contribution in [0.1, 0.15) is 31.7 Å². The van der Waals surface area contributed by atoms with Crippen molar-refractivity contribution in [1.82, 2.24) is 20.0 Å². The second kappa shape index (κ2) is 12.2. The highest BCUT2D eigenvalue weighted by molar-refractivity contribution is 5.80. The Bertz CT molecular complexity index is 701. The number of likely N-dealkylation sites (tertiary alicyclic amines) is 1. The van der Waals surface area contributed by atoms with Crippen molar-refractivity contribution in [3.63, 3.8) is 0 Å². The number of guanidine groups is 1. The Hall–Kier alpha value is -1.90. The molecule has 0 unspecified atom stereocenters. The maximum atomic E-state index is 14.0. The van der Waals surface area contributed by atoms with Gasteiger partial charge in [0.25, 0.3) is 0 Å². The van der Waals surface area contributed by atoms with E-state index in [0.717, 1.165) is 96.2 Å². The van der Waals surface area contributed by atoms with Crippen molar-refractivity contribution in [3.05, 3.63) is 29.6 Å². The number of aliphatic imine (C=N–C) groups is 1. The summed E-state index contributed by atoms with van der Waals surface area (Å²) in [6.45, 7) is 11.2. The van der Waals surface area contributed by atoms with Gasteiger partial charge in [-0.2, -0.15) is 0 Å². The molecule has 174 valence electrons. The minimum atomic E-state index is -0.305. The lowest BCUT2D eigenvalue weighted by Gasteiger charge is -2.36. The Kier molecular flexibility index (Phi) is 9.36. The third-order valence-corrected chi connectivity index (χ3v) is 6.08. The van der Waals surface area contributed by atoms with Crippen LogP contribution in [-0.2, 0) is 6.54 Å². The lowest BCUT2D eigenvalue weighted by molar-refractivity contribution is 0.0824. The van der Waals surface area contributed by atoms with Crippen LogP contribution in [0.3, 0.4) is 0 Å². The van der Waals surface area contributed by atoms with E-state index in [9.17, 15) is 9.50 Å². The number of benzene rings is 1. The van der Waals surface area contributed by atoms with E-state index in [1.807, 2.05) is 6.07 Å². The quantitative estimate of drug-likeness (QED) is 0.369. The maximum absolute atomic E-state index is 14.0. The molecule has 2 aliphatic rings. The minimum absolute atomic E-state index is 0.114. The second-order valence-electron chi connectivity index (χ2n) is 8.39. The molecule has 2 heterocycles. The first kappa shape index (κ1) is 23.8. The van der Waals surface area contributed by atoms with Gasteiger partial charge in [0, 0.05) is 58.9 Å². The van der Waals surface area contributed by atoms with E-state index in [1.165, 1.54) is 7.11 Å². The lowest BCUT2D eigenvalue weighted by Crippen LogP contribution is -2.52. The van der Waals surface area contributed by atoms with E-state index in [0.29, 0.717) is 0 Å². The summed E-state index contributed by atoms with van der Waals surface area (Å²) in [7, 11) is 1.49. The molecule has 2 aliphatic heterocycles. The highest BCUT2D eigenvalue weighted by atomic mass is 19.1. The molecule has 0 bridgehead atoms. The maximum Gasteiger partial charge on any atom is 0.194 e. The fourth-order valence-corrected chi connectivity index (χ4v) is 4.23. The molecule has 0 aliphatic carbocycles. The normalized spacial score (nSPS) is 19.6. The number of methoxy groups -OCH3 is 1. The van der Waals surface area contributed by atoms with Gasteiger partial charge < -0.3 is 25.0 Å². The molecule has 1 aromatic carbocycles. The Morgan fingerprint density at radius 2 is 1.90 bits per heavy atom. The van der Waals surface area contributed by atoms with Crippen molar-refractivity contribution in [2.45, 2.75) is 38.8 Å². The third kappa shape index (κ3) is 7.33. The van der Waals surface area contributed by atoms with E-state index in [4.69, 9.17) is 9.73 Å². The number of halogens is 1. The second-order valence-corrected chi connectivity index (χ2v) is 8.39. The number of aliphatic hydroxyl groups is 1. The largest absolute Gasteiger partial charge is 0.494 e. The van der Waals surface area contributed by atoms with Gasteiger partial charge in [0.15, 0.2) is 17.5 Å². The Balaban J connectivity index is 1.43. The zero-order chi connectivity index (χ0) is 22.1. The van der Waals surface area contributed by atoms with Gasteiger partial charge in [-0.3, -0.25) is 9.89 Å². The Labute approximate surface area is 185 Å². The molecular weight excluding hydrogens is 397 g/mol. The average Bonchev–Trinajstić information content (AvgIpc) is 2.78. The molecule has 0 aromatic heterocycles. The van der Waals surface area contributed by atoms with Gasteiger partial charge in [-0.15, -0.1) is 0 Å². The highest BCUT2D eigenvalue weighted by Gasteiger charge is 2.20.